The predicted molar refractivity (Wildman–Crippen MR) is 96.5 cm³/mol. The van der Waals surface area contributed by atoms with Crippen molar-refractivity contribution in [3.8, 4) is 16.9 Å². The van der Waals surface area contributed by atoms with E-state index in [1.165, 1.54) is 5.56 Å². The zero-order valence-corrected chi connectivity index (χ0v) is 14.2. The molecule has 0 radical (unpaired) electrons. The number of benzene rings is 2. The molecular formula is C20H21N3O. The van der Waals surface area contributed by atoms with Gasteiger partial charge in [0, 0.05) is 18.8 Å². The van der Waals surface area contributed by atoms with Crippen molar-refractivity contribution in [3.05, 3.63) is 71.4 Å². The van der Waals surface area contributed by atoms with Crippen LogP contribution in [0.4, 0.5) is 0 Å². The van der Waals surface area contributed by atoms with E-state index >= 15 is 0 Å². The highest BCUT2D eigenvalue weighted by atomic mass is 16.1. The van der Waals surface area contributed by atoms with E-state index in [1.54, 1.807) is 17.9 Å². The summed E-state index contributed by atoms with van der Waals surface area (Å²) in [7, 11) is 1.64. The molecule has 0 aliphatic carbocycles. The van der Waals surface area contributed by atoms with Gasteiger partial charge in [-0.2, -0.15) is 5.10 Å². The monoisotopic (exact) mass is 319 g/mol. The van der Waals surface area contributed by atoms with Crippen molar-refractivity contribution in [2.75, 3.05) is 7.05 Å². The lowest BCUT2D eigenvalue weighted by Gasteiger charge is -2.05. The van der Waals surface area contributed by atoms with Gasteiger partial charge in [-0.25, -0.2) is 4.68 Å². The summed E-state index contributed by atoms with van der Waals surface area (Å²) in [6.45, 7) is 4.16. The molecule has 0 spiro atoms. The van der Waals surface area contributed by atoms with E-state index in [1.807, 2.05) is 43.3 Å². The Bertz CT molecular complexity index is 863. The molecule has 0 saturated carbocycles. The molecule has 0 aliphatic rings. The van der Waals surface area contributed by atoms with Crippen molar-refractivity contribution >= 4 is 5.91 Å². The molecule has 0 unspecified atom stereocenters. The number of para-hydroxylation sites is 1. The first kappa shape index (κ1) is 16.0. The van der Waals surface area contributed by atoms with Crippen LogP contribution in [0, 0.1) is 6.92 Å². The number of carbonyl (C=O) groups is 1. The molecular weight excluding hydrogens is 298 g/mol. The lowest BCUT2D eigenvalue weighted by atomic mass is 10.0. The van der Waals surface area contributed by atoms with E-state index in [0.29, 0.717) is 11.3 Å². The Kier molecular flexibility index (Phi) is 4.47. The van der Waals surface area contributed by atoms with Crippen LogP contribution in [-0.4, -0.2) is 22.7 Å². The minimum atomic E-state index is -0.135. The van der Waals surface area contributed by atoms with Crippen molar-refractivity contribution in [1.82, 2.24) is 15.1 Å². The van der Waals surface area contributed by atoms with E-state index in [4.69, 9.17) is 5.10 Å². The summed E-state index contributed by atoms with van der Waals surface area (Å²) in [5, 5.41) is 7.39. The van der Waals surface area contributed by atoms with Gasteiger partial charge in [-0.3, -0.25) is 4.79 Å². The molecule has 0 atom stereocenters. The maximum absolute atomic E-state index is 12.3. The van der Waals surface area contributed by atoms with Gasteiger partial charge in [0.15, 0.2) is 0 Å². The van der Waals surface area contributed by atoms with Crippen LogP contribution in [0.1, 0.15) is 28.4 Å². The minimum Gasteiger partial charge on any atom is -0.355 e. The molecule has 0 saturated heterocycles. The minimum absolute atomic E-state index is 0.135. The summed E-state index contributed by atoms with van der Waals surface area (Å²) in [5.41, 5.74) is 5.55. The number of amides is 1. The second-order valence-electron chi connectivity index (χ2n) is 5.75. The third-order valence-corrected chi connectivity index (χ3v) is 4.18. The number of aromatic nitrogens is 2. The Morgan fingerprint density at radius 1 is 1.12 bits per heavy atom. The van der Waals surface area contributed by atoms with Gasteiger partial charge in [-0.15, -0.1) is 0 Å². The molecule has 1 N–H and O–H groups in total. The summed E-state index contributed by atoms with van der Waals surface area (Å²) in [4.78, 5) is 12.3. The van der Waals surface area contributed by atoms with Crippen LogP contribution in [0.5, 0.6) is 0 Å². The molecule has 0 bridgehead atoms. The fourth-order valence-corrected chi connectivity index (χ4v) is 2.73. The first-order valence-corrected chi connectivity index (χ1v) is 8.11. The molecule has 1 amide bonds. The number of carbonyl (C=O) groups excluding carboxylic acids is 1. The number of nitrogens with zero attached hydrogens (tertiary/aromatic N) is 2. The van der Waals surface area contributed by atoms with Crippen LogP contribution in [0.3, 0.4) is 0 Å². The molecule has 0 aliphatic heterocycles. The van der Waals surface area contributed by atoms with E-state index in [2.05, 4.69) is 24.4 Å². The maximum atomic E-state index is 12.3. The number of aryl methyl sites for hydroxylation is 2. The van der Waals surface area contributed by atoms with Crippen molar-refractivity contribution in [2.45, 2.75) is 20.3 Å². The SMILES string of the molecule is CCc1ccc(-c2nn(-c3ccccc3C)cc2C(=O)NC)cc1. The highest BCUT2D eigenvalue weighted by Gasteiger charge is 2.18. The zero-order chi connectivity index (χ0) is 17.1. The predicted octanol–water partition coefficient (Wildman–Crippen LogP) is 3.77. The standard InChI is InChI=1S/C20H21N3O/c1-4-15-9-11-16(12-10-15)19-17(20(24)21-3)13-23(22-19)18-8-6-5-7-14(18)2/h5-13H,4H2,1-3H3,(H,21,24). The van der Waals surface area contributed by atoms with Gasteiger partial charge in [0.05, 0.1) is 11.3 Å². The molecule has 4 nitrogen and oxygen atoms in total. The van der Waals surface area contributed by atoms with Crippen molar-refractivity contribution in [1.29, 1.82) is 0 Å². The number of rotatable bonds is 4. The van der Waals surface area contributed by atoms with E-state index in [9.17, 15) is 4.79 Å². The molecule has 24 heavy (non-hydrogen) atoms. The average Bonchev–Trinajstić information content (AvgIpc) is 3.06. The summed E-state index contributed by atoms with van der Waals surface area (Å²) in [6.07, 6.45) is 2.78. The van der Waals surface area contributed by atoms with E-state index in [-0.39, 0.29) is 5.91 Å². The van der Waals surface area contributed by atoms with Crippen molar-refractivity contribution < 1.29 is 4.79 Å². The van der Waals surface area contributed by atoms with Gasteiger partial charge in [0.1, 0.15) is 5.69 Å². The molecule has 4 heteroatoms. The average molecular weight is 319 g/mol. The third-order valence-electron chi connectivity index (χ3n) is 4.18. The Morgan fingerprint density at radius 3 is 2.46 bits per heavy atom. The van der Waals surface area contributed by atoms with Gasteiger partial charge in [0.2, 0.25) is 0 Å². The second-order valence-corrected chi connectivity index (χ2v) is 5.75. The molecule has 2 aromatic carbocycles. The van der Waals surface area contributed by atoms with Crippen LogP contribution < -0.4 is 5.32 Å². The van der Waals surface area contributed by atoms with Crippen LogP contribution in [0.25, 0.3) is 16.9 Å². The molecule has 1 heterocycles. The topological polar surface area (TPSA) is 46.9 Å². The fraction of sp³-hybridized carbons (Fsp3) is 0.200. The Hall–Kier alpha value is -2.88. The maximum Gasteiger partial charge on any atom is 0.254 e. The Balaban J connectivity index is 2.13. The fourth-order valence-electron chi connectivity index (χ4n) is 2.73. The van der Waals surface area contributed by atoms with Crippen molar-refractivity contribution in [3.63, 3.8) is 0 Å². The summed E-state index contributed by atoms with van der Waals surface area (Å²) in [5.74, 6) is -0.135. The quantitative estimate of drug-likeness (QED) is 0.795. The van der Waals surface area contributed by atoms with Crippen LogP contribution in [0.15, 0.2) is 54.7 Å². The van der Waals surface area contributed by atoms with Gasteiger partial charge >= 0.3 is 0 Å². The van der Waals surface area contributed by atoms with Gasteiger partial charge < -0.3 is 5.32 Å². The van der Waals surface area contributed by atoms with Crippen LogP contribution in [0.2, 0.25) is 0 Å². The highest BCUT2D eigenvalue weighted by Crippen LogP contribution is 2.25. The zero-order valence-electron chi connectivity index (χ0n) is 14.2. The van der Waals surface area contributed by atoms with Gasteiger partial charge in [-0.1, -0.05) is 49.4 Å². The van der Waals surface area contributed by atoms with E-state index in [0.717, 1.165) is 23.2 Å². The number of nitrogens with one attached hydrogen (secondary N) is 1. The third kappa shape index (κ3) is 2.95. The molecule has 3 rings (SSSR count). The number of hydrogen-bond donors (Lipinski definition) is 1. The normalized spacial score (nSPS) is 10.6. The van der Waals surface area contributed by atoms with Crippen molar-refractivity contribution in [2.24, 2.45) is 0 Å². The first-order chi connectivity index (χ1) is 11.6. The molecule has 122 valence electrons. The lowest BCUT2D eigenvalue weighted by molar-refractivity contribution is 0.0963. The Labute approximate surface area is 142 Å². The van der Waals surface area contributed by atoms with E-state index < -0.39 is 0 Å². The lowest BCUT2D eigenvalue weighted by Crippen LogP contribution is -2.17. The summed E-state index contributed by atoms with van der Waals surface area (Å²) in [6, 6.07) is 16.2. The molecule has 0 fully saturated rings. The van der Waals surface area contributed by atoms with Gasteiger partial charge in [-0.05, 0) is 30.5 Å². The second kappa shape index (κ2) is 6.71. The summed E-state index contributed by atoms with van der Waals surface area (Å²) >= 11 is 0. The Morgan fingerprint density at radius 2 is 1.83 bits per heavy atom. The molecule has 3 aromatic rings. The summed E-state index contributed by atoms with van der Waals surface area (Å²) < 4.78 is 1.78. The van der Waals surface area contributed by atoms with Crippen LogP contribution >= 0.6 is 0 Å². The van der Waals surface area contributed by atoms with Gasteiger partial charge in [0.25, 0.3) is 5.91 Å². The molecule has 1 aromatic heterocycles. The highest BCUT2D eigenvalue weighted by molar-refractivity contribution is 5.99. The number of hydrogen-bond acceptors (Lipinski definition) is 2. The largest absolute Gasteiger partial charge is 0.355 e. The van der Waals surface area contributed by atoms with Crippen LogP contribution in [-0.2, 0) is 6.42 Å². The first-order valence-electron chi connectivity index (χ1n) is 8.11. The smallest absolute Gasteiger partial charge is 0.254 e.